The number of hydrogen-bond donors (Lipinski definition) is 2. The van der Waals surface area contributed by atoms with Crippen molar-refractivity contribution >= 4 is 33.5 Å². The summed E-state index contributed by atoms with van der Waals surface area (Å²) in [4.78, 5) is 24.9. The molecule has 7 heteroatoms. The Bertz CT molecular complexity index is 1360. The van der Waals surface area contributed by atoms with Gasteiger partial charge in [-0.25, -0.2) is 9.67 Å². The molecule has 5 rings (SSSR count). The van der Waals surface area contributed by atoms with Crippen molar-refractivity contribution in [2.75, 3.05) is 5.73 Å². The second-order valence-corrected chi connectivity index (χ2v) is 6.62. The van der Waals surface area contributed by atoms with Crippen LogP contribution in [0.1, 0.15) is 21.7 Å². The summed E-state index contributed by atoms with van der Waals surface area (Å²) in [5, 5.41) is 5.23. The van der Waals surface area contributed by atoms with Crippen molar-refractivity contribution in [3.05, 3.63) is 77.9 Å². The van der Waals surface area contributed by atoms with Gasteiger partial charge in [-0.2, -0.15) is 5.10 Å². The van der Waals surface area contributed by atoms with Gasteiger partial charge in [-0.1, -0.05) is 6.07 Å². The number of rotatable bonds is 3. The van der Waals surface area contributed by atoms with Crippen LogP contribution in [0.5, 0.6) is 0 Å². The maximum Gasteiger partial charge on any atom is 0.198 e. The summed E-state index contributed by atoms with van der Waals surface area (Å²) in [6.45, 7) is 1.90. The molecule has 0 saturated heterocycles. The number of carbonyl (C=O) groups excluding carboxylic acids is 1. The first-order chi connectivity index (χ1) is 13.6. The molecule has 0 radical (unpaired) electrons. The summed E-state index contributed by atoms with van der Waals surface area (Å²) in [7, 11) is 0. The van der Waals surface area contributed by atoms with Gasteiger partial charge in [0.05, 0.1) is 34.0 Å². The van der Waals surface area contributed by atoms with Gasteiger partial charge >= 0.3 is 0 Å². The van der Waals surface area contributed by atoms with Crippen LogP contribution in [0, 0.1) is 6.92 Å². The number of aromatic nitrogens is 5. The highest BCUT2D eigenvalue weighted by molar-refractivity contribution is 6.13. The monoisotopic (exact) mass is 368 g/mol. The van der Waals surface area contributed by atoms with Crippen LogP contribution in [0.15, 0.2) is 60.9 Å². The normalized spacial score (nSPS) is 11.3. The number of benzene rings is 2. The summed E-state index contributed by atoms with van der Waals surface area (Å²) in [6, 6.07) is 14.9. The fourth-order valence-corrected chi connectivity index (χ4v) is 3.36. The van der Waals surface area contributed by atoms with E-state index in [0.717, 1.165) is 33.4 Å². The van der Waals surface area contributed by atoms with Crippen LogP contribution in [0.3, 0.4) is 0 Å². The number of fused-ring (bicyclic) bond motifs is 2. The van der Waals surface area contributed by atoms with E-state index in [2.05, 4.69) is 20.1 Å². The molecule has 0 aliphatic rings. The molecule has 0 aliphatic heterocycles. The van der Waals surface area contributed by atoms with E-state index in [-0.39, 0.29) is 5.78 Å². The maximum absolute atomic E-state index is 13.0. The van der Waals surface area contributed by atoms with Crippen LogP contribution >= 0.6 is 0 Å². The first kappa shape index (κ1) is 16.2. The number of imidazole rings is 1. The van der Waals surface area contributed by atoms with Crippen LogP contribution in [0.25, 0.3) is 27.6 Å². The first-order valence-corrected chi connectivity index (χ1v) is 8.80. The molecular formula is C21H16N6O. The third-order valence-electron chi connectivity index (χ3n) is 4.75. The van der Waals surface area contributed by atoms with Gasteiger partial charge in [0.25, 0.3) is 0 Å². The zero-order chi connectivity index (χ0) is 19.3. The zero-order valence-corrected chi connectivity index (χ0v) is 15.0. The molecule has 3 heterocycles. The molecule has 136 valence electrons. The molecule has 3 N–H and O–H groups in total. The Morgan fingerprint density at radius 1 is 1.11 bits per heavy atom. The van der Waals surface area contributed by atoms with Gasteiger partial charge in [-0.15, -0.1) is 0 Å². The van der Waals surface area contributed by atoms with Gasteiger partial charge in [-0.05, 0) is 49.4 Å². The lowest BCUT2D eigenvalue weighted by Crippen LogP contribution is -2.07. The van der Waals surface area contributed by atoms with Crippen molar-refractivity contribution in [3.8, 4) is 5.69 Å². The number of aromatic amines is 1. The van der Waals surface area contributed by atoms with E-state index >= 15 is 0 Å². The largest absolute Gasteiger partial charge is 0.383 e. The Morgan fingerprint density at radius 2 is 2.00 bits per heavy atom. The molecule has 0 bridgehead atoms. The van der Waals surface area contributed by atoms with Crippen LogP contribution in [-0.2, 0) is 0 Å². The third kappa shape index (κ3) is 2.52. The van der Waals surface area contributed by atoms with Crippen LogP contribution in [0.4, 0.5) is 5.82 Å². The lowest BCUT2D eigenvalue weighted by molar-refractivity contribution is 0.103. The number of pyridine rings is 1. The Hall–Kier alpha value is -4.00. The van der Waals surface area contributed by atoms with Crippen molar-refractivity contribution < 1.29 is 4.79 Å². The number of ketones is 1. The molecule has 2 aromatic carbocycles. The summed E-state index contributed by atoms with van der Waals surface area (Å²) in [5.41, 5.74) is 10.5. The van der Waals surface area contributed by atoms with E-state index in [0.29, 0.717) is 16.9 Å². The lowest BCUT2D eigenvalue weighted by atomic mass is 10.0. The molecule has 3 aromatic heterocycles. The van der Waals surface area contributed by atoms with E-state index in [4.69, 9.17) is 5.73 Å². The van der Waals surface area contributed by atoms with Crippen molar-refractivity contribution in [1.29, 1.82) is 0 Å². The molecule has 0 amide bonds. The van der Waals surface area contributed by atoms with E-state index in [1.54, 1.807) is 16.9 Å². The summed E-state index contributed by atoms with van der Waals surface area (Å²) in [6.07, 6.45) is 3.23. The molecule has 0 atom stereocenters. The van der Waals surface area contributed by atoms with Crippen molar-refractivity contribution in [1.82, 2.24) is 24.7 Å². The minimum atomic E-state index is -0.175. The number of carbonyl (C=O) groups is 1. The molecular weight excluding hydrogens is 352 g/mol. The highest BCUT2D eigenvalue weighted by Crippen LogP contribution is 2.24. The van der Waals surface area contributed by atoms with E-state index in [1.165, 1.54) is 6.20 Å². The van der Waals surface area contributed by atoms with Gasteiger partial charge in [0.1, 0.15) is 11.6 Å². The van der Waals surface area contributed by atoms with Gasteiger partial charge in [0.2, 0.25) is 0 Å². The van der Waals surface area contributed by atoms with E-state index in [9.17, 15) is 4.79 Å². The number of anilines is 1. The zero-order valence-electron chi connectivity index (χ0n) is 15.0. The minimum Gasteiger partial charge on any atom is -0.383 e. The summed E-state index contributed by atoms with van der Waals surface area (Å²) >= 11 is 0. The van der Waals surface area contributed by atoms with Crippen LogP contribution in [-0.4, -0.2) is 30.5 Å². The fourth-order valence-electron chi connectivity index (χ4n) is 3.36. The van der Waals surface area contributed by atoms with E-state index < -0.39 is 0 Å². The van der Waals surface area contributed by atoms with E-state index in [1.807, 2.05) is 49.4 Å². The molecule has 5 aromatic rings. The predicted molar refractivity (Wildman–Crippen MR) is 108 cm³/mol. The smallest absolute Gasteiger partial charge is 0.198 e. The highest BCUT2D eigenvalue weighted by Gasteiger charge is 2.18. The summed E-state index contributed by atoms with van der Waals surface area (Å²) in [5.74, 6) is 0.955. The van der Waals surface area contributed by atoms with Gasteiger partial charge < -0.3 is 10.7 Å². The second kappa shape index (κ2) is 6.02. The number of hydrogen-bond acceptors (Lipinski definition) is 5. The topological polar surface area (TPSA) is 102 Å². The Morgan fingerprint density at radius 3 is 2.89 bits per heavy atom. The second-order valence-electron chi connectivity index (χ2n) is 6.62. The van der Waals surface area contributed by atoms with Gasteiger partial charge in [-0.3, -0.25) is 9.78 Å². The molecule has 0 saturated carbocycles. The standard InChI is InChI=1S/C21H16N6O/c1-12-25-18-7-5-15(10-19(18)26-12)27-21(22)16(11-24-27)20(28)14-4-6-17-13(9-14)3-2-8-23-17/h2-11H,22H2,1H3,(H,25,26). The average Bonchev–Trinajstić information content (AvgIpc) is 3.27. The minimum absolute atomic E-state index is 0.175. The first-order valence-electron chi connectivity index (χ1n) is 8.80. The molecule has 28 heavy (non-hydrogen) atoms. The third-order valence-corrected chi connectivity index (χ3v) is 4.75. The Labute approximate surface area is 159 Å². The SMILES string of the molecule is Cc1nc2cc(-n3ncc(C(=O)c4ccc5ncccc5c4)c3N)ccc2[nH]1. The number of nitrogens with two attached hydrogens (primary N) is 1. The molecule has 0 fully saturated rings. The number of nitrogens with zero attached hydrogens (tertiary/aromatic N) is 4. The van der Waals surface area contributed by atoms with Crippen LogP contribution in [0.2, 0.25) is 0 Å². The number of nitrogen functional groups attached to an aromatic ring is 1. The Kier molecular flexibility index (Phi) is 3.48. The molecule has 0 spiro atoms. The summed E-state index contributed by atoms with van der Waals surface area (Å²) < 4.78 is 1.55. The van der Waals surface area contributed by atoms with Crippen molar-refractivity contribution in [2.45, 2.75) is 6.92 Å². The maximum atomic E-state index is 13.0. The average molecular weight is 368 g/mol. The molecule has 0 unspecified atom stereocenters. The quantitative estimate of drug-likeness (QED) is 0.475. The van der Waals surface area contributed by atoms with Crippen LogP contribution < -0.4 is 5.73 Å². The molecule has 7 nitrogen and oxygen atoms in total. The molecule has 0 aliphatic carbocycles. The van der Waals surface area contributed by atoms with Gasteiger partial charge in [0, 0.05) is 17.1 Å². The fraction of sp³-hybridized carbons (Fsp3) is 0.0476. The number of H-pyrrole nitrogens is 1. The number of aryl methyl sites for hydroxylation is 1. The Balaban J connectivity index is 1.55. The van der Waals surface area contributed by atoms with Crippen molar-refractivity contribution in [3.63, 3.8) is 0 Å². The number of nitrogens with one attached hydrogen (secondary N) is 1. The predicted octanol–water partition coefficient (Wildman–Crippen LogP) is 3.42. The highest BCUT2D eigenvalue weighted by atomic mass is 16.1. The van der Waals surface area contributed by atoms with Crippen molar-refractivity contribution in [2.24, 2.45) is 0 Å². The van der Waals surface area contributed by atoms with Gasteiger partial charge in [0.15, 0.2) is 5.78 Å². The lowest BCUT2D eigenvalue weighted by Gasteiger charge is -2.06.